The van der Waals surface area contributed by atoms with Crippen molar-refractivity contribution in [2.75, 3.05) is 19.8 Å². The van der Waals surface area contributed by atoms with E-state index in [1.807, 2.05) is 13.2 Å². The Labute approximate surface area is 94.7 Å². The van der Waals surface area contributed by atoms with Gasteiger partial charge in [0.2, 0.25) is 0 Å². The normalized spacial score (nSPS) is 19.9. The molecule has 0 radical (unpaired) electrons. The maximum absolute atomic E-state index is 5.90. The zero-order valence-electron chi connectivity index (χ0n) is 9.56. The molecule has 1 aliphatic rings. The average Bonchev–Trinajstić information content (AvgIpc) is 2.74. The quantitative estimate of drug-likeness (QED) is 0.772. The monoisotopic (exact) mass is 226 g/mol. The standard InChI is InChI=1S/C10H18N4O2/c1-14-6-9(12-13-14)7-16-10(8-11)2-4-15-5-3-10/h6H,2-5,7-8,11H2,1H3. The van der Waals surface area contributed by atoms with E-state index in [9.17, 15) is 0 Å². The number of aromatic nitrogens is 3. The number of hydrogen-bond donors (Lipinski definition) is 1. The van der Waals surface area contributed by atoms with Crippen molar-refractivity contribution in [1.29, 1.82) is 0 Å². The fourth-order valence-electron chi connectivity index (χ4n) is 1.84. The molecule has 0 atom stereocenters. The van der Waals surface area contributed by atoms with Gasteiger partial charge in [-0.25, -0.2) is 0 Å². The Morgan fingerprint density at radius 2 is 2.31 bits per heavy atom. The Hall–Kier alpha value is -0.980. The van der Waals surface area contributed by atoms with E-state index in [1.54, 1.807) is 4.68 Å². The van der Waals surface area contributed by atoms with Gasteiger partial charge in [0.15, 0.2) is 0 Å². The predicted octanol–water partition coefficient (Wildman–Crippen LogP) is -0.160. The lowest BCUT2D eigenvalue weighted by atomic mass is 9.94. The smallest absolute Gasteiger partial charge is 0.108 e. The van der Waals surface area contributed by atoms with Gasteiger partial charge in [0, 0.05) is 39.6 Å². The first-order valence-corrected chi connectivity index (χ1v) is 5.51. The van der Waals surface area contributed by atoms with Crippen molar-refractivity contribution in [2.24, 2.45) is 12.8 Å². The fourth-order valence-corrected chi connectivity index (χ4v) is 1.84. The minimum Gasteiger partial charge on any atom is -0.381 e. The van der Waals surface area contributed by atoms with Gasteiger partial charge >= 0.3 is 0 Å². The Balaban J connectivity index is 1.91. The van der Waals surface area contributed by atoms with Crippen LogP contribution in [0.1, 0.15) is 18.5 Å². The molecule has 2 rings (SSSR count). The number of rotatable bonds is 4. The van der Waals surface area contributed by atoms with E-state index in [4.69, 9.17) is 15.2 Å². The summed E-state index contributed by atoms with van der Waals surface area (Å²) >= 11 is 0. The Morgan fingerprint density at radius 1 is 1.56 bits per heavy atom. The van der Waals surface area contributed by atoms with Crippen molar-refractivity contribution in [1.82, 2.24) is 15.0 Å². The maximum Gasteiger partial charge on any atom is 0.108 e. The molecule has 0 spiro atoms. The van der Waals surface area contributed by atoms with Crippen LogP contribution < -0.4 is 5.73 Å². The summed E-state index contributed by atoms with van der Waals surface area (Å²) in [5.41, 5.74) is 6.38. The van der Waals surface area contributed by atoms with E-state index in [0.29, 0.717) is 13.2 Å². The number of hydrogen-bond acceptors (Lipinski definition) is 5. The lowest BCUT2D eigenvalue weighted by Crippen LogP contribution is -2.45. The van der Waals surface area contributed by atoms with Crippen LogP contribution in [0.4, 0.5) is 0 Å². The summed E-state index contributed by atoms with van der Waals surface area (Å²) in [4.78, 5) is 0. The zero-order valence-corrected chi connectivity index (χ0v) is 9.56. The van der Waals surface area contributed by atoms with Gasteiger partial charge < -0.3 is 15.2 Å². The summed E-state index contributed by atoms with van der Waals surface area (Å²) in [6, 6.07) is 0. The van der Waals surface area contributed by atoms with Crippen LogP contribution in [0.3, 0.4) is 0 Å². The molecule has 0 saturated carbocycles. The van der Waals surface area contributed by atoms with Crippen LogP contribution >= 0.6 is 0 Å². The molecule has 0 amide bonds. The molecule has 1 aliphatic heterocycles. The van der Waals surface area contributed by atoms with E-state index in [2.05, 4.69) is 10.3 Å². The Kier molecular flexibility index (Phi) is 3.52. The molecule has 1 saturated heterocycles. The second kappa shape index (κ2) is 4.90. The van der Waals surface area contributed by atoms with E-state index < -0.39 is 0 Å². The molecule has 1 aromatic heterocycles. The van der Waals surface area contributed by atoms with Gasteiger partial charge in [-0.15, -0.1) is 5.10 Å². The van der Waals surface area contributed by atoms with Crippen LogP contribution in [0.5, 0.6) is 0 Å². The number of aryl methyl sites for hydroxylation is 1. The zero-order chi connectivity index (χ0) is 11.4. The van der Waals surface area contributed by atoms with Crippen molar-refractivity contribution in [2.45, 2.75) is 25.0 Å². The topological polar surface area (TPSA) is 75.2 Å². The van der Waals surface area contributed by atoms with Gasteiger partial charge in [0.1, 0.15) is 5.69 Å². The third-order valence-corrected chi connectivity index (χ3v) is 2.95. The van der Waals surface area contributed by atoms with Crippen LogP contribution in [0.2, 0.25) is 0 Å². The third-order valence-electron chi connectivity index (χ3n) is 2.95. The summed E-state index contributed by atoms with van der Waals surface area (Å²) in [5.74, 6) is 0. The Bertz CT molecular complexity index is 333. The number of nitrogens with two attached hydrogens (primary N) is 1. The molecule has 0 bridgehead atoms. The first kappa shape index (κ1) is 11.5. The highest BCUT2D eigenvalue weighted by Crippen LogP contribution is 2.24. The molecular weight excluding hydrogens is 208 g/mol. The van der Waals surface area contributed by atoms with E-state index in [-0.39, 0.29) is 5.60 Å². The lowest BCUT2D eigenvalue weighted by molar-refractivity contribution is -0.113. The summed E-state index contributed by atoms with van der Waals surface area (Å²) in [7, 11) is 1.84. The molecule has 0 aliphatic carbocycles. The molecule has 6 heteroatoms. The van der Waals surface area contributed by atoms with Crippen LogP contribution in [0.15, 0.2) is 6.20 Å². The van der Waals surface area contributed by atoms with Crippen molar-refractivity contribution in [3.05, 3.63) is 11.9 Å². The first-order chi connectivity index (χ1) is 7.74. The average molecular weight is 226 g/mol. The molecule has 1 fully saturated rings. The minimum atomic E-state index is -0.240. The van der Waals surface area contributed by atoms with Crippen molar-refractivity contribution in [3.8, 4) is 0 Å². The van der Waals surface area contributed by atoms with Crippen LogP contribution in [0.25, 0.3) is 0 Å². The van der Waals surface area contributed by atoms with Crippen molar-refractivity contribution < 1.29 is 9.47 Å². The molecule has 6 nitrogen and oxygen atoms in total. The molecule has 1 aromatic rings. The second-order valence-corrected chi connectivity index (χ2v) is 4.17. The SMILES string of the molecule is Cn1cc(COC2(CN)CCOCC2)nn1. The maximum atomic E-state index is 5.90. The number of ether oxygens (including phenoxy) is 2. The van der Waals surface area contributed by atoms with Crippen LogP contribution in [0, 0.1) is 0 Å². The van der Waals surface area contributed by atoms with E-state index in [1.165, 1.54) is 0 Å². The largest absolute Gasteiger partial charge is 0.381 e. The molecule has 16 heavy (non-hydrogen) atoms. The van der Waals surface area contributed by atoms with Crippen LogP contribution in [-0.4, -0.2) is 40.4 Å². The van der Waals surface area contributed by atoms with E-state index >= 15 is 0 Å². The number of nitrogens with zero attached hydrogens (tertiary/aromatic N) is 3. The highest BCUT2D eigenvalue weighted by molar-refractivity contribution is 4.92. The van der Waals surface area contributed by atoms with Crippen molar-refractivity contribution >= 4 is 0 Å². The first-order valence-electron chi connectivity index (χ1n) is 5.51. The molecule has 2 N–H and O–H groups in total. The molecule has 0 aromatic carbocycles. The van der Waals surface area contributed by atoms with Crippen molar-refractivity contribution in [3.63, 3.8) is 0 Å². The lowest BCUT2D eigenvalue weighted by Gasteiger charge is -2.35. The molecule has 2 heterocycles. The fraction of sp³-hybridized carbons (Fsp3) is 0.800. The van der Waals surface area contributed by atoms with Crippen LogP contribution in [-0.2, 0) is 23.1 Å². The van der Waals surface area contributed by atoms with Gasteiger partial charge in [-0.2, -0.15) is 0 Å². The van der Waals surface area contributed by atoms with Gasteiger partial charge in [0.25, 0.3) is 0 Å². The summed E-state index contributed by atoms with van der Waals surface area (Å²) in [5, 5.41) is 7.84. The highest BCUT2D eigenvalue weighted by Gasteiger charge is 2.32. The van der Waals surface area contributed by atoms with Gasteiger partial charge in [-0.1, -0.05) is 5.21 Å². The van der Waals surface area contributed by atoms with Gasteiger partial charge in [-0.05, 0) is 0 Å². The predicted molar refractivity (Wildman–Crippen MR) is 57.6 cm³/mol. The second-order valence-electron chi connectivity index (χ2n) is 4.17. The molecule has 0 unspecified atom stereocenters. The molecular formula is C10H18N4O2. The minimum absolute atomic E-state index is 0.240. The van der Waals surface area contributed by atoms with Gasteiger partial charge in [0.05, 0.1) is 18.4 Å². The summed E-state index contributed by atoms with van der Waals surface area (Å²) in [6.07, 6.45) is 3.55. The highest BCUT2D eigenvalue weighted by atomic mass is 16.5. The summed E-state index contributed by atoms with van der Waals surface area (Å²) < 4.78 is 12.9. The third kappa shape index (κ3) is 2.58. The van der Waals surface area contributed by atoms with Gasteiger partial charge in [-0.3, -0.25) is 4.68 Å². The Morgan fingerprint density at radius 3 is 2.88 bits per heavy atom. The molecule has 90 valence electrons. The summed E-state index contributed by atoms with van der Waals surface area (Å²) in [6.45, 7) is 2.43. The van der Waals surface area contributed by atoms with E-state index in [0.717, 1.165) is 31.7 Å².